The van der Waals surface area contributed by atoms with Gasteiger partial charge in [-0.2, -0.15) is 5.10 Å². The van der Waals surface area contributed by atoms with Crippen LogP contribution in [0.1, 0.15) is 37.7 Å². The van der Waals surface area contributed by atoms with Gasteiger partial charge in [-0.05, 0) is 30.2 Å². The number of carbonyl (C=O) groups is 3. The zero-order valence-electron chi connectivity index (χ0n) is 13.8. The molecule has 2 aliphatic heterocycles. The molecule has 0 saturated heterocycles. The van der Waals surface area contributed by atoms with E-state index in [0.29, 0.717) is 42.9 Å². The Balaban J connectivity index is 0.000000613. The average Bonchev–Trinajstić information content (AvgIpc) is 3.27. The maximum Gasteiger partial charge on any atom is 0.356 e. The van der Waals surface area contributed by atoms with Crippen molar-refractivity contribution in [2.24, 2.45) is 0 Å². The third kappa shape index (κ3) is 3.23. The fourth-order valence-corrected chi connectivity index (χ4v) is 3.17. The number of hydrogen-bond acceptors (Lipinski definition) is 5. The van der Waals surface area contributed by atoms with Crippen LogP contribution >= 0.6 is 0 Å². The van der Waals surface area contributed by atoms with Gasteiger partial charge in [-0.3, -0.25) is 14.7 Å². The Labute approximate surface area is 148 Å². The Hall–Kier alpha value is -3.36. The van der Waals surface area contributed by atoms with Crippen molar-refractivity contribution in [3.05, 3.63) is 46.3 Å². The molecule has 3 heterocycles. The summed E-state index contributed by atoms with van der Waals surface area (Å²) in [6, 6.07) is 5.50. The number of aromatic amines is 1. The molecule has 2 aliphatic rings. The summed E-state index contributed by atoms with van der Waals surface area (Å²) < 4.78 is 5.46. The molecule has 3 N–H and O–H groups in total. The largest absolute Gasteiger partial charge is 0.493 e. The number of nitrogens with zero attached hydrogens (tertiary/aromatic N) is 2. The molecule has 4 rings (SSSR count). The number of aromatic carboxylic acids is 1. The highest BCUT2D eigenvalue weighted by Gasteiger charge is 2.28. The molecule has 1 aromatic carbocycles. The number of carboxylic acid groups (broad SMARTS) is 2. The van der Waals surface area contributed by atoms with Gasteiger partial charge in [0.05, 0.1) is 18.8 Å². The molecule has 1 aromatic heterocycles. The summed E-state index contributed by atoms with van der Waals surface area (Å²) in [5.74, 6) is -0.250. The number of benzene rings is 1. The van der Waals surface area contributed by atoms with Gasteiger partial charge in [0, 0.05) is 24.1 Å². The first-order chi connectivity index (χ1) is 12.5. The number of amides is 1. The normalized spacial score (nSPS) is 14.4. The van der Waals surface area contributed by atoms with Crippen LogP contribution in [0.15, 0.2) is 18.2 Å². The minimum Gasteiger partial charge on any atom is -0.493 e. The van der Waals surface area contributed by atoms with Gasteiger partial charge in [0.1, 0.15) is 5.75 Å². The van der Waals surface area contributed by atoms with E-state index in [1.807, 2.05) is 12.1 Å². The van der Waals surface area contributed by atoms with E-state index in [1.165, 1.54) is 0 Å². The summed E-state index contributed by atoms with van der Waals surface area (Å²) in [7, 11) is 0. The van der Waals surface area contributed by atoms with Crippen molar-refractivity contribution in [2.45, 2.75) is 19.4 Å². The highest BCUT2D eigenvalue weighted by molar-refractivity contribution is 5.95. The van der Waals surface area contributed by atoms with Crippen LogP contribution in [-0.2, 0) is 24.2 Å². The molecule has 0 spiro atoms. The quantitative estimate of drug-likeness (QED) is 0.680. The van der Waals surface area contributed by atoms with Gasteiger partial charge in [-0.1, -0.05) is 0 Å². The van der Waals surface area contributed by atoms with Crippen LogP contribution in [0, 0.1) is 0 Å². The zero-order chi connectivity index (χ0) is 18.7. The van der Waals surface area contributed by atoms with E-state index in [9.17, 15) is 9.59 Å². The van der Waals surface area contributed by atoms with Crippen molar-refractivity contribution in [1.82, 2.24) is 15.1 Å². The second kappa shape index (κ2) is 7.26. The predicted octanol–water partition coefficient (Wildman–Crippen LogP) is 0.942. The number of rotatable bonds is 2. The first-order valence-corrected chi connectivity index (χ1v) is 7.97. The van der Waals surface area contributed by atoms with Crippen molar-refractivity contribution >= 4 is 18.3 Å². The Morgan fingerprint density at radius 3 is 2.81 bits per heavy atom. The maximum atomic E-state index is 12.7. The number of hydrogen-bond donors (Lipinski definition) is 3. The zero-order valence-corrected chi connectivity index (χ0v) is 13.8. The van der Waals surface area contributed by atoms with Crippen molar-refractivity contribution in [3.8, 4) is 5.75 Å². The van der Waals surface area contributed by atoms with Crippen LogP contribution in [0.2, 0.25) is 0 Å². The van der Waals surface area contributed by atoms with Crippen molar-refractivity contribution in [3.63, 3.8) is 0 Å². The summed E-state index contributed by atoms with van der Waals surface area (Å²) >= 11 is 0. The Morgan fingerprint density at radius 2 is 2.08 bits per heavy atom. The summed E-state index contributed by atoms with van der Waals surface area (Å²) in [6.45, 7) is 1.24. The monoisotopic (exact) mass is 359 g/mol. The fraction of sp³-hybridized carbons (Fsp3) is 0.294. The second-order valence-electron chi connectivity index (χ2n) is 5.84. The molecule has 0 radical (unpaired) electrons. The topological polar surface area (TPSA) is 133 Å². The first-order valence-electron chi connectivity index (χ1n) is 7.97. The Kier molecular flexibility index (Phi) is 4.87. The highest BCUT2D eigenvalue weighted by atomic mass is 16.5. The van der Waals surface area contributed by atoms with Crippen LogP contribution in [0.4, 0.5) is 0 Å². The third-order valence-electron chi connectivity index (χ3n) is 4.36. The van der Waals surface area contributed by atoms with Gasteiger partial charge < -0.3 is 19.8 Å². The maximum absolute atomic E-state index is 12.7. The van der Waals surface area contributed by atoms with Crippen LogP contribution in [0.5, 0.6) is 5.75 Å². The van der Waals surface area contributed by atoms with Crippen LogP contribution in [0.3, 0.4) is 0 Å². The number of aromatic nitrogens is 2. The highest BCUT2D eigenvalue weighted by Crippen LogP contribution is 2.27. The molecule has 1 amide bonds. The summed E-state index contributed by atoms with van der Waals surface area (Å²) in [5, 5.41) is 22.6. The molecule has 0 bridgehead atoms. The number of carbonyl (C=O) groups excluding carboxylic acids is 1. The molecule has 26 heavy (non-hydrogen) atoms. The van der Waals surface area contributed by atoms with Crippen molar-refractivity contribution in [1.29, 1.82) is 0 Å². The minimum atomic E-state index is -1.04. The van der Waals surface area contributed by atoms with Crippen LogP contribution in [-0.4, -0.2) is 56.8 Å². The number of fused-ring (bicyclic) bond motifs is 2. The first kappa shape index (κ1) is 17.5. The smallest absolute Gasteiger partial charge is 0.356 e. The van der Waals surface area contributed by atoms with Gasteiger partial charge in [-0.25, -0.2) is 4.79 Å². The van der Waals surface area contributed by atoms with Gasteiger partial charge >= 0.3 is 5.97 Å². The number of carboxylic acids is 1. The Bertz CT molecular complexity index is 860. The molecule has 0 unspecified atom stereocenters. The van der Waals surface area contributed by atoms with Crippen LogP contribution in [0.25, 0.3) is 0 Å². The molecule has 2 aromatic rings. The lowest BCUT2D eigenvalue weighted by atomic mass is 10.0. The van der Waals surface area contributed by atoms with E-state index in [1.54, 1.807) is 11.0 Å². The lowest BCUT2D eigenvalue weighted by Gasteiger charge is -2.27. The summed E-state index contributed by atoms with van der Waals surface area (Å²) in [6.07, 6.45) is 1.32. The summed E-state index contributed by atoms with van der Waals surface area (Å²) in [4.78, 5) is 33.9. The SMILES string of the molecule is O=C(O)c1n[nH]c2c1CCN(C(=O)c1ccc3c(c1)CCO3)C2.O=CO. The van der Waals surface area contributed by atoms with Crippen molar-refractivity contribution in [2.75, 3.05) is 13.2 Å². The molecule has 136 valence electrons. The molecule has 0 atom stereocenters. The number of nitrogens with one attached hydrogen (secondary N) is 1. The molecule has 0 saturated carbocycles. The van der Waals surface area contributed by atoms with E-state index in [2.05, 4.69) is 10.2 Å². The fourth-order valence-electron chi connectivity index (χ4n) is 3.17. The minimum absolute atomic E-state index is 0.0572. The number of ether oxygens (including phenoxy) is 1. The lowest BCUT2D eigenvalue weighted by Crippen LogP contribution is -2.36. The molecule has 0 fully saturated rings. The molecule has 0 aliphatic carbocycles. The van der Waals surface area contributed by atoms with Gasteiger partial charge in [0.2, 0.25) is 0 Å². The standard InChI is InChI=1S/C16H15N3O4.CH2O2/c20-15(10-1-2-13-9(7-10)4-6-23-13)19-5-3-11-12(8-19)17-18-14(11)16(21)22;2-1-3/h1-2,7H,3-6,8H2,(H,17,18)(H,21,22);1H,(H,2,3). The second-order valence-corrected chi connectivity index (χ2v) is 5.84. The van der Waals surface area contributed by atoms with Gasteiger partial charge in [0.15, 0.2) is 5.69 Å². The number of H-pyrrole nitrogens is 1. The van der Waals surface area contributed by atoms with E-state index in [0.717, 1.165) is 17.7 Å². The van der Waals surface area contributed by atoms with Gasteiger partial charge in [0.25, 0.3) is 12.4 Å². The van der Waals surface area contributed by atoms with E-state index in [-0.39, 0.29) is 18.1 Å². The van der Waals surface area contributed by atoms with Crippen LogP contribution < -0.4 is 4.74 Å². The lowest BCUT2D eigenvalue weighted by molar-refractivity contribution is -0.122. The third-order valence-corrected chi connectivity index (χ3v) is 4.36. The molecule has 9 nitrogen and oxygen atoms in total. The Morgan fingerprint density at radius 1 is 1.31 bits per heavy atom. The van der Waals surface area contributed by atoms with E-state index < -0.39 is 5.97 Å². The summed E-state index contributed by atoms with van der Waals surface area (Å²) in [5.41, 5.74) is 3.15. The molecular weight excluding hydrogens is 342 g/mol. The average molecular weight is 359 g/mol. The van der Waals surface area contributed by atoms with E-state index in [4.69, 9.17) is 19.7 Å². The molecule has 9 heteroatoms. The van der Waals surface area contributed by atoms with Gasteiger partial charge in [-0.15, -0.1) is 0 Å². The predicted molar refractivity (Wildman–Crippen MR) is 88.3 cm³/mol. The van der Waals surface area contributed by atoms with Crippen molar-refractivity contribution < 1.29 is 29.3 Å². The molecular formula is C17H17N3O6. The van der Waals surface area contributed by atoms with E-state index >= 15 is 0 Å².